The van der Waals surface area contributed by atoms with Gasteiger partial charge < -0.3 is 4.74 Å². The van der Waals surface area contributed by atoms with Gasteiger partial charge in [0.05, 0.1) is 5.69 Å². The Labute approximate surface area is 110 Å². The van der Waals surface area contributed by atoms with Crippen LogP contribution in [0.3, 0.4) is 0 Å². The molecule has 18 heavy (non-hydrogen) atoms. The Morgan fingerprint density at radius 3 is 2.94 bits per heavy atom. The lowest BCUT2D eigenvalue weighted by molar-refractivity contribution is 0.278. The zero-order valence-corrected chi connectivity index (χ0v) is 10.9. The Balaban J connectivity index is 2.19. The molecule has 0 unspecified atom stereocenters. The van der Waals surface area contributed by atoms with Crippen LogP contribution in [0.4, 0.5) is 0 Å². The molecule has 1 aromatic heterocycles. The molecule has 2 aromatic rings. The molecular weight excluding hydrogens is 250 g/mol. The summed E-state index contributed by atoms with van der Waals surface area (Å²) in [5, 5.41) is 13.9. The molecule has 0 aliphatic carbocycles. The number of rotatable bonds is 3. The van der Waals surface area contributed by atoms with Crippen molar-refractivity contribution in [3.05, 3.63) is 46.1 Å². The number of benzene rings is 1. The summed E-state index contributed by atoms with van der Waals surface area (Å²) in [5.74, 6) is 0.481. The van der Waals surface area contributed by atoms with Crippen LogP contribution in [-0.2, 0) is 13.7 Å². The van der Waals surface area contributed by atoms with Crippen molar-refractivity contribution in [2.24, 2.45) is 7.05 Å². The maximum Gasteiger partial charge on any atom is 0.230 e. The molecule has 0 amide bonds. The highest BCUT2D eigenvalue weighted by molar-refractivity contribution is 6.30. The molecule has 0 saturated heterocycles. The average Bonchev–Trinajstić information content (AvgIpc) is 2.60. The lowest BCUT2D eigenvalue weighted by atomic mass is 10.2. The van der Waals surface area contributed by atoms with Crippen LogP contribution in [0.1, 0.15) is 16.8 Å². The number of nitrogens with zero attached hydrogens (tertiary/aromatic N) is 3. The van der Waals surface area contributed by atoms with Gasteiger partial charge in [0.1, 0.15) is 18.2 Å². The zero-order valence-electron chi connectivity index (χ0n) is 10.1. The van der Waals surface area contributed by atoms with Gasteiger partial charge in [0.15, 0.2) is 0 Å². The van der Waals surface area contributed by atoms with Gasteiger partial charge in [-0.2, -0.15) is 10.4 Å². The van der Waals surface area contributed by atoms with E-state index < -0.39 is 0 Å². The maximum atomic E-state index is 9.05. The number of halogens is 1. The van der Waals surface area contributed by atoms with Crippen molar-refractivity contribution in [2.45, 2.75) is 13.5 Å². The number of nitriles is 1. The number of hydrogen-bond acceptors (Lipinski definition) is 3. The number of aryl methyl sites for hydroxylation is 2. The van der Waals surface area contributed by atoms with E-state index in [4.69, 9.17) is 21.6 Å². The molecule has 1 heterocycles. The van der Waals surface area contributed by atoms with E-state index in [1.807, 2.05) is 18.2 Å². The van der Waals surface area contributed by atoms with Crippen molar-refractivity contribution in [3.63, 3.8) is 0 Å². The van der Waals surface area contributed by atoms with Gasteiger partial charge in [-0.3, -0.25) is 0 Å². The summed E-state index contributed by atoms with van der Waals surface area (Å²) < 4.78 is 7.21. The van der Waals surface area contributed by atoms with E-state index in [0.717, 1.165) is 5.56 Å². The van der Waals surface area contributed by atoms with Crippen LogP contribution in [0.25, 0.3) is 0 Å². The van der Waals surface area contributed by atoms with Crippen molar-refractivity contribution in [2.75, 3.05) is 0 Å². The Kier molecular flexibility index (Phi) is 3.54. The fourth-order valence-corrected chi connectivity index (χ4v) is 1.92. The van der Waals surface area contributed by atoms with E-state index in [2.05, 4.69) is 11.2 Å². The lowest BCUT2D eigenvalue weighted by Gasteiger charge is -2.06. The van der Waals surface area contributed by atoms with Crippen LogP contribution >= 0.6 is 11.6 Å². The molecule has 0 fully saturated rings. The summed E-state index contributed by atoms with van der Waals surface area (Å²) in [7, 11) is 1.75. The van der Waals surface area contributed by atoms with Crippen LogP contribution in [0.5, 0.6) is 5.88 Å². The van der Waals surface area contributed by atoms with Gasteiger partial charge in [0.25, 0.3) is 0 Å². The van der Waals surface area contributed by atoms with E-state index in [9.17, 15) is 0 Å². The van der Waals surface area contributed by atoms with Gasteiger partial charge in [0.2, 0.25) is 5.88 Å². The van der Waals surface area contributed by atoms with E-state index in [0.29, 0.717) is 28.8 Å². The third-order valence-corrected chi connectivity index (χ3v) is 2.78. The number of hydrogen-bond donors (Lipinski definition) is 0. The summed E-state index contributed by atoms with van der Waals surface area (Å²) in [6, 6.07) is 9.51. The quantitative estimate of drug-likeness (QED) is 0.854. The SMILES string of the molecule is Cc1nn(C)c(OCc2cccc(Cl)c2)c1C#N. The summed E-state index contributed by atoms with van der Waals surface area (Å²) in [4.78, 5) is 0. The van der Waals surface area contributed by atoms with Crippen molar-refractivity contribution in [3.8, 4) is 11.9 Å². The first-order chi connectivity index (χ1) is 8.61. The van der Waals surface area contributed by atoms with Crippen molar-refractivity contribution >= 4 is 11.6 Å². The monoisotopic (exact) mass is 261 g/mol. The van der Waals surface area contributed by atoms with E-state index in [-0.39, 0.29) is 0 Å². The molecule has 0 aliphatic rings. The van der Waals surface area contributed by atoms with E-state index >= 15 is 0 Å². The standard InChI is InChI=1S/C13H12ClN3O/c1-9-12(7-15)13(17(2)16-9)18-8-10-4-3-5-11(14)6-10/h3-6H,8H2,1-2H3. The fourth-order valence-electron chi connectivity index (χ4n) is 1.71. The first-order valence-corrected chi connectivity index (χ1v) is 5.80. The molecule has 92 valence electrons. The average molecular weight is 262 g/mol. The molecule has 0 bridgehead atoms. The van der Waals surface area contributed by atoms with Gasteiger partial charge in [-0.05, 0) is 24.6 Å². The van der Waals surface area contributed by atoms with Crippen LogP contribution in [-0.4, -0.2) is 9.78 Å². The molecule has 0 radical (unpaired) electrons. The summed E-state index contributed by atoms with van der Waals surface area (Å²) >= 11 is 5.90. The summed E-state index contributed by atoms with van der Waals surface area (Å²) in [5.41, 5.74) is 2.09. The molecule has 4 nitrogen and oxygen atoms in total. The van der Waals surface area contributed by atoms with Crippen LogP contribution in [0, 0.1) is 18.3 Å². The van der Waals surface area contributed by atoms with Gasteiger partial charge in [-0.1, -0.05) is 23.7 Å². The molecule has 0 aliphatic heterocycles. The van der Waals surface area contributed by atoms with Crippen molar-refractivity contribution in [1.82, 2.24) is 9.78 Å². The highest BCUT2D eigenvalue weighted by Gasteiger charge is 2.14. The lowest BCUT2D eigenvalue weighted by Crippen LogP contribution is -2.01. The molecule has 0 atom stereocenters. The van der Waals surface area contributed by atoms with Gasteiger partial charge in [-0.15, -0.1) is 0 Å². The maximum absolute atomic E-state index is 9.05. The first kappa shape index (κ1) is 12.5. The van der Waals surface area contributed by atoms with Crippen molar-refractivity contribution in [1.29, 1.82) is 5.26 Å². The highest BCUT2D eigenvalue weighted by atomic mass is 35.5. The van der Waals surface area contributed by atoms with Crippen LogP contribution in [0.2, 0.25) is 5.02 Å². The number of aromatic nitrogens is 2. The summed E-state index contributed by atoms with van der Waals surface area (Å²) in [6.07, 6.45) is 0. The Hall–Kier alpha value is -1.99. The van der Waals surface area contributed by atoms with E-state index in [1.165, 1.54) is 0 Å². The zero-order chi connectivity index (χ0) is 13.1. The van der Waals surface area contributed by atoms with Crippen LogP contribution in [0.15, 0.2) is 24.3 Å². The number of ether oxygens (including phenoxy) is 1. The molecular formula is C13H12ClN3O. The second kappa shape index (κ2) is 5.11. The fraction of sp³-hybridized carbons (Fsp3) is 0.231. The van der Waals surface area contributed by atoms with Gasteiger partial charge >= 0.3 is 0 Å². The molecule has 0 saturated carbocycles. The minimum atomic E-state index is 0.355. The predicted molar refractivity (Wildman–Crippen MR) is 68.4 cm³/mol. The minimum absolute atomic E-state index is 0.355. The smallest absolute Gasteiger partial charge is 0.230 e. The Bertz CT molecular complexity index is 613. The molecule has 1 aromatic carbocycles. The second-order valence-electron chi connectivity index (χ2n) is 3.92. The van der Waals surface area contributed by atoms with Crippen molar-refractivity contribution < 1.29 is 4.74 Å². The molecule has 0 N–H and O–H groups in total. The molecule has 0 spiro atoms. The predicted octanol–water partition coefficient (Wildman–Crippen LogP) is 2.83. The van der Waals surface area contributed by atoms with Crippen LogP contribution < -0.4 is 4.74 Å². The van der Waals surface area contributed by atoms with E-state index in [1.54, 1.807) is 24.7 Å². The van der Waals surface area contributed by atoms with Gasteiger partial charge in [0, 0.05) is 12.1 Å². The first-order valence-electron chi connectivity index (χ1n) is 5.42. The van der Waals surface area contributed by atoms with Gasteiger partial charge in [-0.25, -0.2) is 4.68 Å². The Morgan fingerprint density at radius 2 is 2.28 bits per heavy atom. The minimum Gasteiger partial charge on any atom is -0.472 e. The molecule has 2 rings (SSSR count). The third-order valence-electron chi connectivity index (χ3n) is 2.55. The largest absolute Gasteiger partial charge is 0.472 e. The normalized spacial score (nSPS) is 10.1. The topological polar surface area (TPSA) is 50.8 Å². The second-order valence-corrected chi connectivity index (χ2v) is 4.36. The third kappa shape index (κ3) is 2.47. The highest BCUT2D eigenvalue weighted by Crippen LogP contribution is 2.21. The Morgan fingerprint density at radius 1 is 1.50 bits per heavy atom. The summed E-state index contributed by atoms with van der Waals surface area (Å²) in [6.45, 7) is 2.14. The molecule has 5 heteroatoms.